The molecule has 0 unspecified atom stereocenters. The van der Waals surface area contributed by atoms with Crippen LogP contribution in [0, 0.1) is 0 Å². The van der Waals surface area contributed by atoms with Gasteiger partial charge in [-0.05, 0) is 21.9 Å². The molecular formula is C9H12N4S2. The summed E-state index contributed by atoms with van der Waals surface area (Å²) >= 11 is 3.41. The molecule has 6 heteroatoms. The summed E-state index contributed by atoms with van der Waals surface area (Å²) in [4.78, 5) is 1.27. The van der Waals surface area contributed by atoms with Gasteiger partial charge in [-0.1, -0.05) is 31.7 Å². The molecule has 2 heterocycles. The Morgan fingerprint density at radius 1 is 1.53 bits per heavy atom. The number of tetrazole rings is 1. The number of hydrogen-bond acceptors (Lipinski definition) is 5. The van der Waals surface area contributed by atoms with Crippen LogP contribution in [-0.2, 0) is 6.54 Å². The van der Waals surface area contributed by atoms with Crippen molar-refractivity contribution in [2.75, 3.05) is 0 Å². The molecule has 0 fully saturated rings. The van der Waals surface area contributed by atoms with Crippen LogP contribution in [-0.4, -0.2) is 25.5 Å². The molecule has 15 heavy (non-hydrogen) atoms. The Kier molecular flexibility index (Phi) is 3.37. The zero-order valence-corrected chi connectivity index (χ0v) is 10.3. The first-order chi connectivity index (χ1) is 7.25. The van der Waals surface area contributed by atoms with Crippen LogP contribution >= 0.6 is 23.1 Å². The topological polar surface area (TPSA) is 43.6 Å². The molecule has 80 valence electrons. The Morgan fingerprint density at radius 3 is 3.07 bits per heavy atom. The first kappa shape index (κ1) is 10.6. The van der Waals surface area contributed by atoms with Crippen LogP contribution in [0.15, 0.2) is 22.7 Å². The van der Waals surface area contributed by atoms with Crippen LogP contribution in [0.4, 0.5) is 0 Å². The molecule has 0 saturated heterocycles. The van der Waals surface area contributed by atoms with Crippen molar-refractivity contribution in [1.29, 1.82) is 0 Å². The van der Waals surface area contributed by atoms with Crippen molar-refractivity contribution in [1.82, 2.24) is 20.2 Å². The van der Waals surface area contributed by atoms with E-state index in [0.717, 1.165) is 11.7 Å². The zero-order valence-electron chi connectivity index (χ0n) is 8.62. The fourth-order valence-electron chi connectivity index (χ4n) is 1.14. The summed E-state index contributed by atoms with van der Waals surface area (Å²) in [6.07, 6.45) is 0. The van der Waals surface area contributed by atoms with Gasteiger partial charge in [0.1, 0.15) is 0 Å². The minimum atomic E-state index is 0.498. The van der Waals surface area contributed by atoms with Gasteiger partial charge in [-0.25, -0.2) is 4.68 Å². The number of thioether (sulfide) groups is 1. The fraction of sp³-hybridized carbons (Fsp3) is 0.444. The second-order valence-electron chi connectivity index (χ2n) is 3.37. The summed E-state index contributed by atoms with van der Waals surface area (Å²) < 4.78 is 1.84. The molecule has 0 radical (unpaired) electrons. The minimum absolute atomic E-state index is 0.498. The van der Waals surface area contributed by atoms with E-state index in [1.165, 1.54) is 4.88 Å². The standard InChI is InChI=1S/C9H12N4S2/c1-7(2)15-9-10-11-12-13(9)6-8-4-3-5-14-8/h3-5,7H,6H2,1-2H3. The molecule has 0 amide bonds. The van der Waals surface area contributed by atoms with Gasteiger partial charge in [-0.2, -0.15) is 0 Å². The predicted molar refractivity (Wildman–Crippen MR) is 62.2 cm³/mol. The van der Waals surface area contributed by atoms with Gasteiger partial charge < -0.3 is 0 Å². The lowest BCUT2D eigenvalue weighted by Gasteiger charge is -2.04. The molecule has 2 rings (SSSR count). The maximum Gasteiger partial charge on any atom is 0.209 e. The van der Waals surface area contributed by atoms with Crippen molar-refractivity contribution < 1.29 is 0 Å². The van der Waals surface area contributed by atoms with Crippen LogP contribution in [0.2, 0.25) is 0 Å². The molecule has 0 N–H and O–H groups in total. The van der Waals surface area contributed by atoms with Crippen molar-refractivity contribution in [2.24, 2.45) is 0 Å². The summed E-state index contributed by atoms with van der Waals surface area (Å²) in [7, 11) is 0. The highest BCUT2D eigenvalue weighted by Crippen LogP contribution is 2.20. The normalized spacial score (nSPS) is 11.1. The van der Waals surface area contributed by atoms with Crippen molar-refractivity contribution >= 4 is 23.1 Å². The van der Waals surface area contributed by atoms with E-state index in [9.17, 15) is 0 Å². The molecule has 2 aromatic heterocycles. The third-order valence-electron chi connectivity index (χ3n) is 1.73. The lowest BCUT2D eigenvalue weighted by molar-refractivity contribution is 0.608. The van der Waals surface area contributed by atoms with Gasteiger partial charge in [-0.15, -0.1) is 16.4 Å². The smallest absolute Gasteiger partial charge is 0.209 e. The van der Waals surface area contributed by atoms with E-state index in [1.807, 2.05) is 10.7 Å². The van der Waals surface area contributed by atoms with E-state index in [0.29, 0.717) is 5.25 Å². The number of rotatable bonds is 4. The van der Waals surface area contributed by atoms with Gasteiger partial charge in [0.25, 0.3) is 0 Å². The van der Waals surface area contributed by atoms with Gasteiger partial charge in [0.05, 0.1) is 6.54 Å². The Labute approximate surface area is 96.7 Å². The Balaban J connectivity index is 2.11. The molecule has 0 bridgehead atoms. The molecule has 0 aliphatic carbocycles. The lowest BCUT2D eigenvalue weighted by atomic mass is 10.5. The number of aromatic nitrogens is 4. The summed E-state index contributed by atoms with van der Waals surface area (Å²) in [6.45, 7) is 5.03. The second-order valence-corrected chi connectivity index (χ2v) is 5.94. The summed E-state index contributed by atoms with van der Waals surface area (Å²) in [5.74, 6) is 0. The van der Waals surface area contributed by atoms with Crippen LogP contribution in [0.3, 0.4) is 0 Å². The Hall–Kier alpha value is -0.880. The first-order valence-corrected chi connectivity index (χ1v) is 6.47. The summed E-state index contributed by atoms with van der Waals surface area (Å²) in [5, 5.41) is 15.1. The summed E-state index contributed by atoms with van der Waals surface area (Å²) in [5.41, 5.74) is 0. The van der Waals surface area contributed by atoms with Gasteiger partial charge in [0.15, 0.2) is 0 Å². The molecule has 0 atom stereocenters. The van der Waals surface area contributed by atoms with Crippen LogP contribution in [0.1, 0.15) is 18.7 Å². The quantitative estimate of drug-likeness (QED) is 0.769. The van der Waals surface area contributed by atoms with E-state index in [4.69, 9.17) is 0 Å². The monoisotopic (exact) mass is 240 g/mol. The Morgan fingerprint density at radius 2 is 2.40 bits per heavy atom. The first-order valence-electron chi connectivity index (χ1n) is 4.71. The van der Waals surface area contributed by atoms with Crippen LogP contribution < -0.4 is 0 Å². The average molecular weight is 240 g/mol. The highest BCUT2D eigenvalue weighted by Gasteiger charge is 2.09. The van der Waals surface area contributed by atoms with Gasteiger partial charge in [-0.3, -0.25) is 0 Å². The zero-order chi connectivity index (χ0) is 10.7. The fourth-order valence-corrected chi connectivity index (χ4v) is 2.55. The highest BCUT2D eigenvalue weighted by atomic mass is 32.2. The van der Waals surface area contributed by atoms with E-state index >= 15 is 0 Å². The molecule has 0 saturated carbocycles. The summed E-state index contributed by atoms with van der Waals surface area (Å²) in [6, 6.07) is 4.13. The maximum atomic E-state index is 4.01. The maximum absolute atomic E-state index is 4.01. The van der Waals surface area contributed by atoms with E-state index in [1.54, 1.807) is 23.1 Å². The van der Waals surface area contributed by atoms with Crippen molar-refractivity contribution in [3.8, 4) is 0 Å². The molecule has 0 aromatic carbocycles. The number of nitrogens with zero attached hydrogens (tertiary/aromatic N) is 4. The van der Waals surface area contributed by atoms with Crippen molar-refractivity contribution in [3.05, 3.63) is 22.4 Å². The van der Waals surface area contributed by atoms with Gasteiger partial charge >= 0.3 is 0 Å². The molecule has 4 nitrogen and oxygen atoms in total. The lowest BCUT2D eigenvalue weighted by Crippen LogP contribution is -2.03. The largest absolute Gasteiger partial charge is 0.215 e. The number of thiophene rings is 1. The molecule has 0 aliphatic heterocycles. The van der Waals surface area contributed by atoms with E-state index < -0.39 is 0 Å². The second kappa shape index (κ2) is 4.76. The van der Waals surface area contributed by atoms with Gasteiger partial charge in [0.2, 0.25) is 5.16 Å². The minimum Gasteiger partial charge on any atom is -0.215 e. The van der Waals surface area contributed by atoms with E-state index in [-0.39, 0.29) is 0 Å². The van der Waals surface area contributed by atoms with Crippen molar-refractivity contribution in [3.63, 3.8) is 0 Å². The van der Waals surface area contributed by atoms with Crippen LogP contribution in [0.5, 0.6) is 0 Å². The SMILES string of the molecule is CC(C)Sc1nnnn1Cc1cccs1. The van der Waals surface area contributed by atoms with Crippen molar-refractivity contribution in [2.45, 2.75) is 30.8 Å². The third kappa shape index (κ3) is 2.79. The predicted octanol–water partition coefficient (Wildman–Crippen LogP) is 2.28. The van der Waals surface area contributed by atoms with Crippen LogP contribution in [0.25, 0.3) is 0 Å². The molecule has 0 spiro atoms. The van der Waals surface area contributed by atoms with Gasteiger partial charge in [0, 0.05) is 10.1 Å². The third-order valence-corrected chi connectivity index (χ3v) is 3.56. The highest BCUT2D eigenvalue weighted by molar-refractivity contribution is 7.99. The van der Waals surface area contributed by atoms with E-state index in [2.05, 4.69) is 40.8 Å². The average Bonchev–Trinajstić information content (AvgIpc) is 2.78. The molecule has 0 aliphatic rings. The number of hydrogen-bond donors (Lipinski definition) is 0. The molecular weight excluding hydrogens is 228 g/mol. The Bertz CT molecular complexity index is 407. The molecule has 2 aromatic rings.